The number of nitrogens with two attached hydrogens (primary N) is 2. The van der Waals surface area contributed by atoms with Crippen LogP contribution in [0.25, 0.3) is 0 Å². The van der Waals surface area contributed by atoms with E-state index in [1.807, 2.05) is 74.5 Å². The van der Waals surface area contributed by atoms with Gasteiger partial charge in [-0.05, 0) is 112 Å². The molecule has 1 saturated heterocycles. The Bertz CT molecular complexity index is 1360. The number of Topliss-reactive ketones (excluding diaryl/α,β-unsaturated/α-hetero) is 1. The molecule has 0 unspecified atom stereocenters. The van der Waals surface area contributed by atoms with E-state index in [9.17, 15) is 19.2 Å². The summed E-state index contributed by atoms with van der Waals surface area (Å²) in [6.07, 6.45) is 9.01. The van der Waals surface area contributed by atoms with Gasteiger partial charge in [0.2, 0.25) is 17.7 Å². The Morgan fingerprint density at radius 3 is 1.94 bits per heavy atom. The van der Waals surface area contributed by atoms with Gasteiger partial charge in [0.15, 0.2) is 5.78 Å². The number of hydrogen-bond acceptors (Lipinski definition) is 7. The number of benzene rings is 2. The molecule has 1 spiro atoms. The largest absolute Gasteiger partial charge is 0.345 e. The van der Waals surface area contributed by atoms with E-state index in [2.05, 4.69) is 21.3 Å². The monoisotopic (exact) mass is 688 g/mol. The molecule has 8 N–H and O–H groups in total. The number of piperidine rings is 1. The maximum absolute atomic E-state index is 13.9. The number of ketones is 1. The summed E-state index contributed by atoms with van der Waals surface area (Å²) in [4.78, 5) is 54.6. The molecular weight excluding hydrogens is 628 g/mol. The average Bonchev–Trinajstić information content (AvgIpc) is 3.09. The molecule has 1 heterocycles. The van der Waals surface area contributed by atoms with Gasteiger partial charge in [-0.1, -0.05) is 74.5 Å². The summed E-state index contributed by atoms with van der Waals surface area (Å²) in [6, 6.07) is 15.6. The summed E-state index contributed by atoms with van der Waals surface area (Å²) in [5.74, 6) is -0.627. The molecule has 1 saturated carbocycles. The van der Waals surface area contributed by atoms with E-state index in [0.29, 0.717) is 43.6 Å². The number of hydrogen-bond donors (Lipinski definition) is 6. The number of amides is 3. The van der Waals surface area contributed by atoms with E-state index in [1.54, 1.807) is 0 Å². The fourth-order valence-electron chi connectivity index (χ4n) is 7.61. The van der Waals surface area contributed by atoms with Crippen molar-refractivity contribution < 1.29 is 19.2 Å². The van der Waals surface area contributed by atoms with Crippen LogP contribution in [-0.2, 0) is 32.0 Å². The van der Waals surface area contributed by atoms with Crippen molar-refractivity contribution in [3.8, 4) is 0 Å². The molecule has 50 heavy (non-hydrogen) atoms. The zero-order chi connectivity index (χ0) is 35.9. The average molecular weight is 689 g/mol. The van der Waals surface area contributed by atoms with Crippen LogP contribution < -0.4 is 32.7 Å². The van der Waals surface area contributed by atoms with E-state index < -0.39 is 36.0 Å². The minimum atomic E-state index is -0.957. The van der Waals surface area contributed by atoms with Crippen molar-refractivity contribution in [1.29, 1.82) is 0 Å². The highest BCUT2D eigenvalue weighted by Gasteiger charge is 2.44. The highest BCUT2D eigenvalue weighted by Crippen LogP contribution is 2.53. The first-order valence-electron chi connectivity index (χ1n) is 18.8. The molecule has 1 aliphatic heterocycles. The summed E-state index contributed by atoms with van der Waals surface area (Å²) < 4.78 is 0. The van der Waals surface area contributed by atoms with Crippen LogP contribution in [0.1, 0.15) is 89.2 Å². The Kier molecular flexibility index (Phi) is 15.4. The van der Waals surface area contributed by atoms with Crippen LogP contribution in [0, 0.1) is 17.3 Å². The Labute approximate surface area is 298 Å². The highest BCUT2D eigenvalue weighted by molar-refractivity contribution is 5.95. The number of unbranched alkanes of at least 4 members (excludes halogenated alkanes) is 1. The van der Waals surface area contributed by atoms with E-state index in [-0.39, 0.29) is 24.0 Å². The van der Waals surface area contributed by atoms with Gasteiger partial charge < -0.3 is 32.7 Å². The van der Waals surface area contributed by atoms with Crippen LogP contribution in [-0.4, -0.2) is 67.3 Å². The van der Waals surface area contributed by atoms with Gasteiger partial charge in [-0.25, -0.2) is 0 Å². The lowest BCUT2D eigenvalue weighted by Crippen LogP contribution is -2.58. The molecule has 2 fully saturated rings. The summed E-state index contributed by atoms with van der Waals surface area (Å²) >= 11 is 0. The second kappa shape index (κ2) is 19.7. The third-order valence-electron chi connectivity index (χ3n) is 10.4. The predicted octanol–water partition coefficient (Wildman–Crippen LogP) is 3.56. The van der Waals surface area contributed by atoms with Crippen molar-refractivity contribution >= 4 is 23.5 Å². The number of carbonyl (C=O) groups excluding carboxylic acids is 4. The molecule has 1 aliphatic carbocycles. The first-order valence-corrected chi connectivity index (χ1v) is 18.8. The Morgan fingerprint density at radius 2 is 1.34 bits per heavy atom. The Hall–Kier alpha value is -3.60. The van der Waals surface area contributed by atoms with Gasteiger partial charge in [0.25, 0.3) is 0 Å². The molecule has 3 amide bonds. The summed E-state index contributed by atoms with van der Waals surface area (Å²) in [7, 11) is 0. The topological polar surface area (TPSA) is 168 Å². The van der Waals surface area contributed by atoms with Gasteiger partial charge in [-0.15, -0.1) is 0 Å². The minimum Gasteiger partial charge on any atom is -0.345 e. The summed E-state index contributed by atoms with van der Waals surface area (Å²) in [6.45, 7) is 6.64. The normalized spacial score (nSPS) is 18.0. The fraction of sp³-hybridized carbons (Fsp3) is 0.600. The second-order valence-electron chi connectivity index (χ2n) is 15.1. The zero-order valence-corrected chi connectivity index (χ0v) is 30.1. The van der Waals surface area contributed by atoms with Crippen LogP contribution in [0.15, 0.2) is 60.7 Å². The molecule has 0 aromatic heterocycles. The van der Waals surface area contributed by atoms with Gasteiger partial charge in [0.05, 0.1) is 12.1 Å². The third kappa shape index (κ3) is 12.3. The van der Waals surface area contributed by atoms with Gasteiger partial charge in [-0.2, -0.15) is 0 Å². The zero-order valence-electron chi connectivity index (χ0n) is 30.1. The minimum absolute atomic E-state index is 0.0397. The molecule has 10 nitrogen and oxygen atoms in total. The Balaban J connectivity index is 1.41. The highest BCUT2D eigenvalue weighted by atomic mass is 16.2. The quantitative estimate of drug-likeness (QED) is 0.116. The molecule has 274 valence electrons. The van der Waals surface area contributed by atoms with Gasteiger partial charge in [0.1, 0.15) is 12.1 Å². The van der Waals surface area contributed by atoms with Crippen molar-refractivity contribution in [3.05, 3.63) is 71.8 Å². The van der Waals surface area contributed by atoms with E-state index >= 15 is 0 Å². The predicted molar refractivity (Wildman–Crippen MR) is 198 cm³/mol. The van der Waals surface area contributed by atoms with Crippen LogP contribution >= 0.6 is 0 Å². The number of carbonyl (C=O) groups is 4. The smallest absolute Gasteiger partial charge is 0.243 e. The van der Waals surface area contributed by atoms with Crippen LogP contribution in [0.2, 0.25) is 0 Å². The maximum atomic E-state index is 13.9. The lowest BCUT2D eigenvalue weighted by Gasteiger charge is -2.50. The molecule has 4 rings (SSSR count). The van der Waals surface area contributed by atoms with Crippen LogP contribution in [0.5, 0.6) is 0 Å². The molecule has 10 heteroatoms. The van der Waals surface area contributed by atoms with Gasteiger partial charge >= 0.3 is 0 Å². The molecule has 2 aromatic carbocycles. The van der Waals surface area contributed by atoms with Gasteiger partial charge in [0, 0.05) is 12.8 Å². The SMILES string of the molecule is CC(C)C[C@@H](NC(=O)[C@@H](Cc1ccccc1)NC(=O)[C@H](N)Cc1ccccc1)C(=O)N[C@H](CCCCN)C(=O)CCC1CC2(CCNCC2)C1. The number of rotatable bonds is 20. The maximum Gasteiger partial charge on any atom is 0.243 e. The molecule has 0 bridgehead atoms. The molecule has 2 aromatic rings. The Morgan fingerprint density at radius 1 is 0.780 bits per heavy atom. The van der Waals surface area contributed by atoms with Crippen LogP contribution in [0.4, 0.5) is 0 Å². The second-order valence-corrected chi connectivity index (χ2v) is 15.1. The molecule has 0 radical (unpaired) electrons. The molecule has 4 atom stereocenters. The van der Waals surface area contributed by atoms with E-state index in [1.165, 1.54) is 25.7 Å². The summed E-state index contributed by atoms with van der Waals surface area (Å²) in [5, 5.41) is 12.3. The molecule has 2 aliphatic rings. The van der Waals surface area contributed by atoms with Crippen molar-refractivity contribution in [3.63, 3.8) is 0 Å². The molecular formula is C40H60N6O4. The van der Waals surface area contributed by atoms with Crippen molar-refractivity contribution in [2.45, 2.75) is 115 Å². The van der Waals surface area contributed by atoms with Gasteiger partial charge in [-0.3, -0.25) is 19.2 Å². The van der Waals surface area contributed by atoms with E-state index in [4.69, 9.17) is 11.5 Å². The van der Waals surface area contributed by atoms with Crippen molar-refractivity contribution in [2.75, 3.05) is 19.6 Å². The lowest BCUT2D eigenvalue weighted by molar-refractivity contribution is -0.134. The fourth-order valence-corrected chi connectivity index (χ4v) is 7.61. The summed E-state index contributed by atoms with van der Waals surface area (Å²) in [5.41, 5.74) is 14.3. The third-order valence-corrected chi connectivity index (χ3v) is 10.4. The van der Waals surface area contributed by atoms with Crippen LogP contribution in [0.3, 0.4) is 0 Å². The lowest BCUT2D eigenvalue weighted by atomic mass is 9.57. The van der Waals surface area contributed by atoms with Crippen molar-refractivity contribution in [2.24, 2.45) is 28.7 Å². The standard InChI is InChI=1S/C40H60N6O4/c1-28(2)23-34(38(49)44-33(15-9-10-20-41)36(47)17-16-31-26-40(27-31)18-21-43-22-19-40)46-39(50)35(25-30-13-7-4-8-14-30)45-37(48)32(42)24-29-11-5-3-6-12-29/h3-8,11-14,28,31-35,43H,9-10,15-27,41-42H2,1-2H3,(H,44,49)(H,45,48)(H,46,50)/t32-,33-,34-,35-/m1/s1. The number of nitrogens with one attached hydrogen (secondary N) is 4. The van der Waals surface area contributed by atoms with Crippen molar-refractivity contribution in [1.82, 2.24) is 21.3 Å². The first-order chi connectivity index (χ1) is 24.1. The van der Waals surface area contributed by atoms with E-state index in [0.717, 1.165) is 43.5 Å². The first kappa shape index (κ1) is 39.2.